The van der Waals surface area contributed by atoms with Crippen LogP contribution in [0.15, 0.2) is 40.9 Å². The van der Waals surface area contributed by atoms with Crippen molar-refractivity contribution in [3.05, 3.63) is 52.0 Å². The molecule has 2 aromatic rings. The summed E-state index contributed by atoms with van der Waals surface area (Å²) in [5.74, 6) is 1.49. The zero-order valence-corrected chi connectivity index (χ0v) is 20.6. The van der Waals surface area contributed by atoms with E-state index in [0.29, 0.717) is 36.8 Å². The first-order valence-electron chi connectivity index (χ1n) is 10.6. The summed E-state index contributed by atoms with van der Waals surface area (Å²) in [6.45, 7) is 5.65. The second kappa shape index (κ2) is 10.7. The fraction of sp³-hybridized carbons (Fsp3) is 0.417. The predicted molar refractivity (Wildman–Crippen MR) is 128 cm³/mol. The first kappa shape index (κ1) is 23.9. The molecule has 1 aliphatic heterocycles. The second-order valence-electron chi connectivity index (χ2n) is 8.23. The van der Waals surface area contributed by atoms with Crippen LogP contribution >= 0.6 is 15.9 Å². The minimum atomic E-state index is -0.289. The zero-order chi connectivity index (χ0) is 23.3. The largest absolute Gasteiger partial charge is 0.493 e. The Balaban J connectivity index is 1.71. The van der Waals surface area contributed by atoms with Crippen LogP contribution in [0.5, 0.6) is 11.5 Å². The minimum absolute atomic E-state index is 0.0249. The summed E-state index contributed by atoms with van der Waals surface area (Å²) in [5.41, 5.74) is 2.86. The van der Waals surface area contributed by atoms with Gasteiger partial charge in [0.1, 0.15) is 6.54 Å². The zero-order valence-electron chi connectivity index (χ0n) is 19.0. The van der Waals surface area contributed by atoms with Gasteiger partial charge < -0.3 is 24.6 Å². The van der Waals surface area contributed by atoms with Crippen molar-refractivity contribution in [3.63, 3.8) is 0 Å². The van der Waals surface area contributed by atoms with Crippen molar-refractivity contribution in [1.29, 1.82) is 0 Å². The van der Waals surface area contributed by atoms with Gasteiger partial charge in [-0.05, 0) is 63.7 Å². The van der Waals surface area contributed by atoms with E-state index in [0.717, 1.165) is 22.0 Å². The smallest absolute Gasteiger partial charge is 0.322 e. The summed E-state index contributed by atoms with van der Waals surface area (Å²) < 4.78 is 11.6. The molecule has 0 radical (unpaired) electrons. The summed E-state index contributed by atoms with van der Waals surface area (Å²) in [4.78, 5) is 29.5. The molecule has 0 fully saturated rings. The Bertz CT molecular complexity index is 980. The average molecular weight is 504 g/mol. The van der Waals surface area contributed by atoms with Gasteiger partial charge >= 0.3 is 6.03 Å². The highest BCUT2D eigenvalue weighted by molar-refractivity contribution is 9.10. The molecule has 1 aliphatic rings. The number of nitrogens with one attached hydrogen (secondary N) is 1. The van der Waals surface area contributed by atoms with E-state index in [1.165, 1.54) is 0 Å². The highest BCUT2D eigenvalue weighted by Gasteiger charge is 2.26. The van der Waals surface area contributed by atoms with Gasteiger partial charge in [0.15, 0.2) is 11.5 Å². The molecule has 0 saturated carbocycles. The van der Waals surface area contributed by atoms with E-state index in [2.05, 4.69) is 21.2 Å². The third-order valence-corrected chi connectivity index (χ3v) is 6.08. The number of ether oxygens (including phenoxy) is 2. The van der Waals surface area contributed by atoms with Crippen molar-refractivity contribution in [2.75, 3.05) is 39.2 Å². The molecule has 0 saturated heterocycles. The van der Waals surface area contributed by atoms with Crippen LogP contribution in [0.4, 0.5) is 10.5 Å². The van der Waals surface area contributed by atoms with E-state index in [4.69, 9.17) is 9.47 Å². The van der Waals surface area contributed by atoms with Gasteiger partial charge in [0, 0.05) is 24.1 Å². The number of para-hydroxylation sites is 1. The molecule has 7 nitrogen and oxygen atoms in total. The van der Waals surface area contributed by atoms with Crippen molar-refractivity contribution in [3.8, 4) is 11.5 Å². The number of benzene rings is 2. The Morgan fingerprint density at radius 1 is 1.12 bits per heavy atom. The van der Waals surface area contributed by atoms with Crippen LogP contribution in [-0.4, -0.2) is 55.6 Å². The first-order chi connectivity index (χ1) is 15.3. The molecule has 32 heavy (non-hydrogen) atoms. The van der Waals surface area contributed by atoms with Gasteiger partial charge in [-0.25, -0.2) is 4.79 Å². The van der Waals surface area contributed by atoms with Crippen LogP contribution in [0.25, 0.3) is 0 Å². The van der Waals surface area contributed by atoms with Crippen LogP contribution in [0, 0.1) is 5.92 Å². The lowest BCUT2D eigenvalue weighted by Gasteiger charge is -2.32. The lowest BCUT2D eigenvalue weighted by Crippen LogP contribution is -2.47. The van der Waals surface area contributed by atoms with E-state index in [1.807, 2.05) is 50.2 Å². The standard InChI is InChI=1S/C24H30BrN3O4/c1-16(2)13-28(24(30)26-20-8-6-5-7-19(20)25)15-23(29)27-10-9-17-11-21(31-3)22(32-4)12-18(17)14-27/h5-8,11-12,16H,9-10,13-15H2,1-4H3,(H,26,30). The maximum absolute atomic E-state index is 13.1. The normalized spacial score (nSPS) is 12.9. The molecule has 3 amide bonds. The predicted octanol–water partition coefficient (Wildman–Crippen LogP) is 4.54. The molecule has 172 valence electrons. The Labute approximate surface area is 197 Å². The lowest BCUT2D eigenvalue weighted by atomic mass is 9.98. The molecule has 1 N–H and O–H groups in total. The summed E-state index contributed by atoms with van der Waals surface area (Å²) in [5, 5.41) is 2.91. The quantitative estimate of drug-likeness (QED) is 0.601. The average Bonchev–Trinajstić information content (AvgIpc) is 2.78. The van der Waals surface area contributed by atoms with Crippen molar-refractivity contribution in [2.24, 2.45) is 5.92 Å². The van der Waals surface area contributed by atoms with Crippen molar-refractivity contribution < 1.29 is 19.1 Å². The molecule has 1 heterocycles. The lowest BCUT2D eigenvalue weighted by molar-refractivity contribution is -0.132. The van der Waals surface area contributed by atoms with E-state index < -0.39 is 0 Å². The molecule has 0 bridgehead atoms. The Kier molecular flexibility index (Phi) is 8.01. The van der Waals surface area contributed by atoms with Crippen LogP contribution in [0.1, 0.15) is 25.0 Å². The molecule has 3 rings (SSSR count). The Morgan fingerprint density at radius 3 is 2.41 bits per heavy atom. The number of carbonyl (C=O) groups is 2. The number of anilines is 1. The topological polar surface area (TPSA) is 71.1 Å². The van der Waals surface area contributed by atoms with Gasteiger partial charge in [0.25, 0.3) is 0 Å². The monoisotopic (exact) mass is 503 g/mol. The molecule has 0 aliphatic carbocycles. The number of nitrogens with zero attached hydrogens (tertiary/aromatic N) is 2. The van der Waals surface area contributed by atoms with Gasteiger partial charge in [0.05, 0.1) is 19.9 Å². The van der Waals surface area contributed by atoms with Gasteiger partial charge in [-0.15, -0.1) is 0 Å². The number of halogens is 1. The highest BCUT2D eigenvalue weighted by Crippen LogP contribution is 2.33. The highest BCUT2D eigenvalue weighted by atomic mass is 79.9. The number of fused-ring (bicyclic) bond motifs is 1. The summed E-state index contributed by atoms with van der Waals surface area (Å²) in [7, 11) is 3.22. The minimum Gasteiger partial charge on any atom is -0.493 e. The number of hydrogen-bond donors (Lipinski definition) is 1. The molecule has 0 atom stereocenters. The Morgan fingerprint density at radius 2 is 1.78 bits per heavy atom. The second-order valence-corrected chi connectivity index (χ2v) is 9.08. The van der Waals surface area contributed by atoms with E-state index in [-0.39, 0.29) is 24.4 Å². The third-order valence-electron chi connectivity index (χ3n) is 5.39. The number of carbonyl (C=O) groups excluding carboxylic acids is 2. The van der Waals surface area contributed by atoms with Crippen LogP contribution < -0.4 is 14.8 Å². The van der Waals surface area contributed by atoms with Crippen molar-refractivity contribution in [1.82, 2.24) is 9.80 Å². The SMILES string of the molecule is COc1cc2c(cc1OC)CN(C(=O)CN(CC(C)C)C(=O)Nc1ccccc1Br)CC2. The first-order valence-corrected chi connectivity index (χ1v) is 11.4. The van der Waals surface area contributed by atoms with Crippen LogP contribution in [0.2, 0.25) is 0 Å². The summed E-state index contributed by atoms with van der Waals surface area (Å²) in [6, 6.07) is 11.0. The molecular formula is C24H30BrN3O4. The van der Waals surface area contributed by atoms with Crippen LogP contribution in [0.3, 0.4) is 0 Å². The maximum atomic E-state index is 13.1. The fourth-order valence-corrected chi connectivity index (χ4v) is 4.16. The van der Waals surface area contributed by atoms with E-state index in [9.17, 15) is 9.59 Å². The van der Waals surface area contributed by atoms with E-state index in [1.54, 1.807) is 24.0 Å². The molecule has 0 spiro atoms. The van der Waals surface area contributed by atoms with Crippen molar-refractivity contribution >= 4 is 33.6 Å². The van der Waals surface area contributed by atoms with Gasteiger partial charge in [-0.1, -0.05) is 26.0 Å². The molecule has 0 aromatic heterocycles. The van der Waals surface area contributed by atoms with Gasteiger partial charge in [0.2, 0.25) is 5.91 Å². The maximum Gasteiger partial charge on any atom is 0.322 e. The molecule has 0 unspecified atom stereocenters. The fourth-order valence-electron chi connectivity index (χ4n) is 3.78. The number of urea groups is 1. The Hall–Kier alpha value is -2.74. The number of rotatable bonds is 7. The van der Waals surface area contributed by atoms with Crippen molar-refractivity contribution in [2.45, 2.75) is 26.8 Å². The molecule has 2 aromatic carbocycles. The molecular weight excluding hydrogens is 474 g/mol. The van der Waals surface area contributed by atoms with Gasteiger partial charge in [-0.3, -0.25) is 4.79 Å². The molecule has 8 heteroatoms. The van der Waals surface area contributed by atoms with Crippen LogP contribution in [-0.2, 0) is 17.8 Å². The number of hydrogen-bond acceptors (Lipinski definition) is 4. The summed E-state index contributed by atoms with van der Waals surface area (Å²) >= 11 is 3.45. The van der Waals surface area contributed by atoms with Gasteiger partial charge in [-0.2, -0.15) is 0 Å². The third kappa shape index (κ3) is 5.73. The summed E-state index contributed by atoms with van der Waals surface area (Å²) in [6.07, 6.45) is 0.731. The number of methoxy groups -OCH3 is 2. The van der Waals surface area contributed by atoms with E-state index >= 15 is 0 Å². The number of amides is 3.